The van der Waals surface area contributed by atoms with Crippen molar-refractivity contribution in [1.82, 2.24) is 10.2 Å². The Morgan fingerprint density at radius 3 is 2.00 bits per heavy atom. The minimum absolute atomic E-state index is 0.0253. The number of piperazine rings is 1. The van der Waals surface area contributed by atoms with Gasteiger partial charge in [0.05, 0.1) is 0 Å². The van der Waals surface area contributed by atoms with E-state index in [0.29, 0.717) is 32.2 Å². The lowest BCUT2D eigenvalue weighted by Gasteiger charge is -2.52. The molecule has 0 spiro atoms. The molecule has 0 saturated carbocycles. The fourth-order valence-corrected chi connectivity index (χ4v) is 3.86. The van der Waals surface area contributed by atoms with Crippen molar-refractivity contribution in [2.75, 3.05) is 18.1 Å². The average Bonchev–Trinajstić information content (AvgIpc) is 2.51. The summed E-state index contributed by atoms with van der Waals surface area (Å²) in [7, 11) is 0. The van der Waals surface area contributed by atoms with E-state index >= 15 is 0 Å². The lowest BCUT2D eigenvalue weighted by atomic mass is 9.79. The third-order valence-corrected chi connectivity index (χ3v) is 5.87. The molecule has 1 heterocycles. The van der Waals surface area contributed by atoms with Gasteiger partial charge < -0.3 is 10.2 Å². The number of nitrogens with one attached hydrogen (secondary N) is 1. The number of amides is 2. The fraction of sp³-hybridized carbons (Fsp3) is 0.875. The minimum Gasteiger partial charge on any atom is -0.340 e. The van der Waals surface area contributed by atoms with Crippen molar-refractivity contribution in [3.8, 4) is 0 Å². The highest BCUT2D eigenvalue weighted by molar-refractivity contribution is 7.99. The molecule has 1 rings (SSSR count). The van der Waals surface area contributed by atoms with Gasteiger partial charge in [0.15, 0.2) is 0 Å². The molecule has 0 aromatic carbocycles. The van der Waals surface area contributed by atoms with Gasteiger partial charge in [-0.15, -0.1) is 0 Å². The Labute approximate surface area is 133 Å². The molecule has 0 aliphatic carbocycles. The van der Waals surface area contributed by atoms with Crippen LogP contribution in [0.1, 0.15) is 60.3 Å². The van der Waals surface area contributed by atoms with Gasteiger partial charge >= 0.3 is 0 Å². The number of nitrogens with zero attached hydrogens (tertiary/aromatic N) is 1. The molecule has 4 nitrogen and oxygen atoms in total. The lowest BCUT2D eigenvalue weighted by Crippen LogP contribution is -2.75. The quantitative estimate of drug-likeness (QED) is 0.701. The van der Waals surface area contributed by atoms with Gasteiger partial charge in [-0.05, 0) is 31.4 Å². The summed E-state index contributed by atoms with van der Waals surface area (Å²) in [6.45, 7) is 10.7. The Hall–Kier alpha value is -0.710. The van der Waals surface area contributed by atoms with Gasteiger partial charge in [-0.2, -0.15) is 11.8 Å². The van der Waals surface area contributed by atoms with Crippen molar-refractivity contribution in [3.63, 3.8) is 0 Å². The lowest BCUT2D eigenvalue weighted by molar-refractivity contribution is -0.164. The number of hydrogen-bond donors (Lipinski definition) is 1. The largest absolute Gasteiger partial charge is 0.340 e. The molecule has 0 aromatic heterocycles. The summed E-state index contributed by atoms with van der Waals surface area (Å²) in [5.41, 5.74) is -1.37. The summed E-state index contributed by atoms with van der Waals surface area (Å²) >= 11 is 1.82. The van der Waals surface area contributed by atoms with Gasteiger partial charge in [0.1, 0.15) is 11.1 Å². The topological polar surface area (TPSA) is 49.4 Å². The van der Waals surface area contributed by atoms with Crippen LogP contribution in [-0.4, -0.2) is 45.8 Å². The number of carbonyl (C=O) groups is 2. The molecular weight excluding hydrogens is 284 g/mol. The Morgan fingerprint density at radius 2 is 1.57 bits per heavy atom. The first kappa shape index (κ1) is 18.3. The molecule has 0 unspecified atom stereocenters. The molecule has 2 amide bonds. The van der Waals surface area contributed by atoms with Crippen molar-refractivity contribution in [2.45, 2.75) is 71.4 Å². The second-order valence-electron chi connectivity index (χ2n) is 5.64. The summed E-state index contributed by atoms with van der Waals surface area (Å²) < 4.78 is 0. The molecule has 0 aromatic rings. The van der Waals surface area contributed by atoms with E-state index in [1.54, 1.807) is 0 Å². The van der Waals surface area contributed by atoms with Crippen molar-refractivity contribution < 1.29 is 9.59 Å². The van der Waals surface area contributed by atoms with Gasteiger partial charge in [-0.25, -0.2) is 0 Å². The van der Waals surface area contributed by atoms with E-state index in [1.165, 1.54) is 0 Å². The smallest absolute Gasteiger partial charge is 0.249 e. The van der Waals surface area contributed by atoms with Gasteiger partial charge in [0, 0.05) is 12.3 Å². The summed E-state index contributed by atoms with van der Waals surface area (Å²) in [5, 5.41) is 3.06. The maximum absolute atomic E-state index is 13.1. The van der Waals surface area contributed by atoms with Gasteiger partial charge in [0.25, 0.3) is 0 Å². The highest BCUT2D eigenvalue weighted by atomic mass is 32.2. The SMILES string of the molecule is CCSCCN1C(=O)C(CC)(CC)NC(=O)C1(CC)CC. The first-order valence-electron chi connectivity index (χ1n) is 8.20. The molecular formula is C16H30N2O2S. The van der Waals surface area contributed by atoms with Crippen molar-refractivity contribution in [2.24, 2.45) is 0 Å². The average molecular weight is 314 g/mol. The molecule has 1 fully saturated rings. The van der Waals surface area contributed by atoms with Crippen LogP contribution in [0.4, 0.5) is 0 Å². The summed E-state index contributed by atoms with van der Waals surface area (Å²) in [4.78, 5) is 27.7. The highest BCUT2D eigenvalue weighted by Gasteiger charge is 2.55. The van der Waals surface area contributed by atoms with E-state index in [2.05, 4.69) is 12.2 Å². The monoisotopic (exact) mass is 314 g/mol. The standard InChI is InChI=1S/C16H30N2O2S/c1-6-15(7-2)14(20)18(11-12-21-10-5)16(8-3,9-4)13(19)17-15/h6-12H2,1-5H3,(H,17,19). The number of hydrogen-bond acceptors (Lipinski definition) is 3. The Kier molecular flexibility index (Phi) is 6.57. The van der Waals surface area contributed by atoms with Crippen LogP contribution in [-0.2, 0) is 9.59 Å². The number of rotatable bonds is 8. The zero-order valence-corrected chi connectivity index (χ0v) is 14.9. The van der Waals surface area contributed by atoms with Crippen LogP contribution >= 0.6 is 11.8 Å². The van der Waals surface area contributed by atoms with E-state index in [1.807, 2.05) is 44.4 Å². The van der Waals surface area contributed by atoms with E-state index in [-0.39, 0.29) is 11.8 Å². The number of carbonyl (C=O) groups excluding carboxylic acids is 2. The Bertz CT molecular complexity index is 376. The molecule has 1 aliphatic heterocycles. The molecule has 5 heteroatoms. The first-order chi connectivity index (χ1) is 9.97. The zero-order chi connectivity index (χ0) is 16.1. The molecule has 0 radical (unpaired) electrons. The molecule has 1 saturated heterocycles. The Balaban J connectivity index is 3.17. The molecule has 0 bridgehead atoms. The summed E-state index contributed by atoms with van der Waals surface area (Å²) in [5.74, 6) is 2.05. The van der Waals surface area contributed by atoms with Crippen LogP contribution in [0.2, 0.25) is 0 Å². The van der Waals surface area contributed by atoms with Gasteiger partial charge in [-0.1, -0.05) is 34.6 Å². The van der Waals surface area contributed by atoms with Crippen LogP contribution in [0.5, 0.6) is 0 Å². The van der Waals surface area contributed by atoms with E-state index in [4.69, 9.17) is 0 Å². The highest BCUT2D eigenvalue weighted by Crippen LogP contribution is 2.35. The van der Waals surface area contributed by atoms with Crippen LogP contribution in [0, 0.1) is 0 Å². The van der Waals surface area contributed by atoms with Crippen LogP contribution < -0.4 is 5.32 Å². The van der Waals surface area contributed by atoms with Crippen molar-refractivity contribution >= 4 is 23.6 Å². The second-order valence-corrected chi connectivity index (χ2v) is 7.03. The predicted octanol–water partition coefficient (Wildman–Crippen LogP) is 2.82. The van der Waals surface area contributed by atoms with E-state index < -0.39 is 11.1 Å². The molecule has 1 aliphatic rings. The predicted molar refractivity (Wildman–Crippen MR) is 89.5 cm³/mol. The normalized spacial score (nSPS) is 20.5. The van der Waals surface area contributed by atoms with Crippen molar-refractivity contribution in [1.29, 1.82) is 0 Å². The van der Waals surface area contributed by atoms with Crippen LogP contribution in [0.3, 0.4) is 0 Å². The van der Waals surface area contributed by atoms with E-state index in [0.717, 1.165) is 11.5 Å². The van der Waals surface area contributed by atoms with Crippen molar-refractivity contribution in [3.05, 3.63) is 0 Å². The van der Waals surface area contributed by atoms with E-state index in [9.17, 15) is 9.59 Å². The second kappa shape index (κ2) is 7.52. The summed E-state index contributed by atoms with van der Waals surface area (Å²) in [6.07, 6.45) is 2.63. The molecule has 122 valence electrons. The molecule has 21 heavy (non-hydrogen) atoms. The maximum atomic E-state index is 13.1. The number of thioether (sulfide) groups is 1. The fourth-order valence-electron chi connectivity index (χ4n) is 3.26. The minimum atomic E-state index is -0.707. The van der Waals surface area contributed by atoms with Gasteiger partial charge in [0.2, 0.25) is 11.8 Å². The van der Waals surface area contributed by atoms with Crippen LogP contribution in [0.15, 0.2) is 0 Å². The summed E-state index contributed by atoms with van der Waals surface area (Å²) in [6, 6.07) is 0. The van der Waals surface area contributed by atoms with Crippen LogP contribution in [0.25, 0.3) is 0 Å². The first-order valence-corrected chi connectivity index (χ1v) is 9.35. The van der Waals surface area contributed by atoms with Gasteiger partial charge in [-0.3, -0.25) is 9.59 Å². The third-order valence-electron chi connectivity index (χ3n) is 4.99. The Morgan fingerprint density at radius 1 is 1.00 bits per heavy atom. The third kappa shape index (κ3) is 3.08. The maximum Gasteiger partial charge on any atom is 0.249 e. The molecule has 1 N–H and O–H groups in total. The molecule has 0 atom stereocenters. The zero-order valence-electron chi connectivity index (χ0n) is 14.1.